The molecule has 1 atom stereocenters. The molecule has 0 bridgehead atoms. The number of aliphatic hydroxyl groups excluding tert-OH is 1. The van der Waals surface area contributed by atoms with Crippen LogP contribution in [0.1, 0.15) is 30.9 Å². The number of anilines is 1. The number of nitrogens with two attached hydrogens (primary N) is 1. The Morgan fingerprint density at radius 2 is 1.81 bits per heavy atom. The lowest BCUT2D eigenvalue weighted by molar-refractivity contribution is 0.185. The van der Waals surface area contributed by atoms with Crippen LogP contribution in [0.25, 0.3) is 0 Å². The molecule has 0 amide bonds. The molecule has 88 valence electrons. The van der Waals surface area contributed by atoms with Crippen molar-refractivity contribution in [3.63, 3.8) is 0 Å². The lowest BCUT2D eigenvalue weighted by Crippen LogP contribution is -2.26. The molecule has 1 saturated heterocycles. The third kappa shape index (κ3) is 2.54. The van der Waals surface area contributed by atoms with Gasteiger partial charge in [-0.15, -0.1) is 0 Å². The van der Waals surface area contributed by atoms with Gasteiger partial charge in [0.1, 0.15) is 0 Å². The highest BCUT2D eigenvalue weighted by Crippen LogP contribution is 2.28. The van der Waals surface area contributed by atoms with E-state index < -0.39 is 0 Å². The zero-order valence-corrected chi connectivity index (χ0v) is 9.60. The van der Waals surface area contributed by atoms with E-state index in [1.807, 2.05) is 12.1 Å². The minimum absolute atomic E-state index is 0.242. The third-order valence-electron chi connectivity index (χ3n) is 3.31. The topological polar surface area (TPSA) is 49.5 Å². The standard InChI is InChI=1S/C13H20N2O/c14-12-5-3-11(4-6-12)13(7-10-16)15-8-1-2-9-15/h3-6,13,16H,1-2,7-10,14H2. The summed E-state index contributed by atoms with van der Waals surface area (Å²) >= 11 is 0. The van der Waals surface area contributed by atoms with Gasteiger partial charge in [0, 0.05) is 18.3 Å². The van der Waals surface area contributed by atoms with Crippen LogP contribution in [0, 0.1) is 0 Å². The van der Waals surface area contributed by atoms with Crippen molar-refractivity contribution in [3.8, 4) is 0 Å². The largest absolute Gasteiger partial charge is 0.399 e. The molecular formula is C13H20N2O. The molecule has 3 nitrogen and oxygen atoms in total. The van der Waals surface area contributed by atoms with Gasteiger partial charge in [0.2, 0.25) is 0 Å². The number of likely N-dealkylation sites (tertiary alicyclic amines) is 1. The molecule has 0 spiro atoms. The molecule has 0 aliphatic carbocycles. The molecule has 1 aliphatic rings. The summed E-state index contributed by atoms with van der Waals surface area (Å²) in [7, 11) is 0. The van der Waals surface area contributed by atoms with Gasteiger partial charge in [0.25, 0.3) is 0 Å². The lowest BCUT2D eigenvalue weighted by atomic mass is 10.0. The smallest absolute Gasteiger partial charge is 0.0449 e. The van der Waals surface area contributed by atoms with Crippen LogP contribution in [0.4, 0.5) is 5.69 Å². The van der Waals surface area contributed by atoms with Crippen molar-refractivity contribution in [2.75, 3.05) is 25.4 Å². The first-order valence-corrected chi connectivity index (χ1v) is 6.01. The van der Waals surface area contributed by atoms with E-state index in [0.717, 1.165) is 25.2 Å². The predicted molar refractivity (Wildman–Crippen MR) is 66.1 cm³/mol. The molecule has 1 aromatic carbocycles. The maximum absolute atomic E-state index is 9.16. The SMILES string of the molecule is Nc1ccc(C(CCO)N2CCCC2)cc1. The monoisotopic (exact) mass is 220 g/mol. The molecule has 0 saturated carbocycles. The third-order valence-corrected chi connectivity index (χ3v) is 3.31. The minimum Gasteiger partial charge on any atom is -0.399 e. The summed E-state index contributed by atoms with van der Waals surface area (Å²) in [5, 5.41) is 9.16. The molecule has 1 unspecified atom stereocenters. The highest BCUT2D eigenvalue weighted by molar-refractivity contribution is 5.40. The summed E-state index contributed by atoms with van der Waals surface area (Å²) in [5.41, 5.74) is 7.76. The summed E-state index contributed by atoms with van der Waals surface area (Å²) in [6.07, 6.45) is 3.36. The van der Waals surface area contributed by atoms with E-state index in [9.17, 15) is 0 Å². The molecule has 3 heteroatoms. The molecule has 1 heterocycles. The van der Waals surface area contributed by atoms with Crippen molar-refractivity contribution in [2.24, 2.45) is 0 Å². The minimum atomic E-state index is 0.242. The fraction of sp³-hybridized carbons (Fsp3) is 0.538. The first kappa shape index (κ1) is 11.4. The Morgan fingerprint density at radius 3 is 2.38 bits per heavy atom. The number of rotatable bonds is 4. The van der Waals surface area contributed by atoms with Gasteiger partial charge in [-0.05, 0) is 50.0 Å². The molecule has 2 rings (SSSR count). The van der Waals surface area contributed by atoms with Crippen molar-refractivity contribution in [3.05, 3.63) is 29.8 Å². The molecular weight excluding hydrogens is 200 g/mol. The van der Waals surface area contributed by atoms with Gasteiger partial charge in [-0.1, -0.05) is 12.1 Å². The number of hydrogen-bond acceptors (Lipinski definition) is 3. The van der Waals surface area contributed by atoms with Gasteiger partial charge in [-0.3, -0.25) is 4.90 Å². The Bertz CT molecular complexity index is 317. The van der Waals surface area contributed by atoms with Gasteiger partial charge < -0.3 is 10.8 Å². The van der Waals surface area contributed by atoms with Gasteiger partial charge in [-0.25, -0.2) is 0 Å². The Labute approximate surface area is 96.9 Å². The second-order valence-electron chi connectivity index (χ2n) is 4.44. The highest BCUT2D eigenvalue weighted by atomic mass is 16.3. The van der Waals surface area contributed by atoms with Gasteiger partial charge in [0.05, 0.1) is 0 Å². The first-order chi connectivity index (χ1) is 7.81. The van der Waals surface area contributed by atoms with Crippen molar-refractivity contribution in [1.82, 2.24) is 4.90 Å². The lowest BCUT2D eigenvalue weighted by Gasteiger charge is -2.27. The number of nitrogens with zero attached hydrogens (tertiary/aromatic N) is 1. The zero-order chi connectivity index (χ0) is 11.4. The molecule has 1 aliphatic heterocycles. The number of benzene rings is 1. The van der Waals surface area contributed by atoms with Crippen molar-refractivity contribution in [1.29, 1.82) is 0 Å². The highest BCUT2D eigenvalue weighted by Gasteiger charge is 2.22. The van der Waals surface area contributed by atoms with Crippen LogP contribution >= 0.6 is 0 Å². The summed E-state index contributed by atoms with van der Waals surface area (Å²) in [4.78, 5) is 2.46. The van der Waals surface area contributed by atoms with Gasteiger partial charge in [-0.2, -0.15) is 0 Å². The average molecular weight is 220 g/mol. The van der Waals surface area contributed by atoms with E-state index in [2.05, 4.69) is 17.0 Å². The normalized spacial score (nSPS) is 18.8. The summed E-state index contributed by atoms with van der Waals surface area (Å²) in [6, 6.07) is 8.39. The second-order valence-corrected chi connectivity index (χ2v) is 4.44. The Hall–Kier alpha value is -1.06. The number of nitrogen functional groups attached to an aromatic ring is 1. The van der Waals surface area contributed by atoms with Crippen LogP contribution in [0.3, 0.4) is 0 Å². The van der Waals surface area contributed by atoms with Crippen molar-refractivity contribution < 1.29 is 5.11 Å². The molecule has 0 radical (unpaired) electrons. The Kier molecular flexibility index (Phi) is 3.80. The molecule has 0 aromatic heterocycles. The molecule has 16 heavy (non-hydrogen) atoms. The molecule has 1 fully saturated rings. The maximum Gasteiger partial charge on any atom is 0.0449 e. The quantitative estimate of drug-likeness (QED) is 0.761. The van der Waals surface area contributed by atoms with E-state index >= 15 is 0 Å². The van der Waals surface area contributed by atoms with E-state index in [1.165, 1.54) is 18.4 Å². The maximum atomic E-state index is 9.16. The van der Waals surface area contributed by atoms with Crippen molar-refractivity contribution >= 4 is 5.69 Å². The Morgan fingerprint density at radius 1 is 1.19 bits per heavy atom. The van der Waals surface area contributed by atoms with Gasteiger partial charge >= 0.3 is 0 Å². The number of hydrogen-bond donors (Lipinski definition) is 2. The van der Waals surface area contributed by atoms with Gasteiger partial charge in [0.15, 0.2) is 0 Å². The van der Waals surface area contributed by atoms with Crippen LogP contribution in [0.5, 0.6) is 0 Å². The average Bonchev–Trinajstić information content (AvgIpc) is 2.81. The molecule has 1 aromatic rings. The van der Waals surface area contributed by atoms with Crippen LogP contribution in [0.15, 0.2) is 24.3 Å². The second kappa shape index (κ2) is 5.32. The summed E-state index contributed by atoms with van der Waals surface area (Å²) in [5.74, 6) is 0. The predicted octanol–water partition coefficient (Wildman–Crippen LogP) is 1.79. The van der Waals surface area contributed by atoms with Crippen LogP contribution in [-0.2, 0) is 0 Å². The van der Waals surface area contributed by atoms with E-state index in [0.29, 0.717) is 6.04 Å². The van der Waals surface area contributed by atoms with Crippen LogP contribution in [0.2, 0.25) is 0 Å². The van der Waals surface area contributed by atoms with E-state index in [4.69, 9.17) is 10.8 Å². The number of aliphatic hydroxyl groups is 1. The van der Waals surface area contributed by atoms with E-state index in [1.54, 1.807) is 0 Å². The summed E-state index contributed by atoms with van der Waals surface area (Å²) in [6.45, 7) is 2.54. The fourth-order valence-corrected chi connectivity index (χ4v) is 2.45. The van der Waals surface area contributed by atoms with E-state index in [-0.39, 0.29) is 6.61 Å². The molecule has 3 N–H and O–H groups in total. The van der Waals surface area contributed by atoms with Crippen molar-refractivity contribution in [2.45, 2.75) is 25.3 Å². The first-order valence-electron chi connectivity index (χ1n) is 6.01. The summed E-state index contributed by atoms with van der Waals surface area (Å²) < 4.78 is 0. The fourth-order valence-electron chi connectivity index (χ4n) is 2.45. The Balaban J connectivity index is 2.14. The van der Waals surface area contributed by atoms with Crippen LogP contribution in [-0.4, -0.2) is 29.7 Å². The zero-order valence-electron chi connectivity index (χ0n) is 9.60. The van der Waals surface area contributed by atoms with Crippen LogP contribution < -0.4 is 5.73 Å².